The topological polar surface area (TPSA) is 109 Å². The number of aryl methyl sites for hydroxylation is 1. The fraction of sp³-hybridized carbons (Fsp3) is 0.0526. The second-order valence-corrected chi connectivity index (χ2v) is 6.70. The number of nitro groups is 1. The van der Waals surface area contributed by atoms with Crippen molar-refractivity contribution in [1.82, 2.24) is 0 Å². The van der Waals surface area contributed by atoms with Crippen LogP contribution in [0.25, 0.3) is 17.2 Å². The van der Waals surface area contributed by atoms with Gasteiger partial charge in [-0.3, -0.25) is 14.9 Å². The van der Waals surface area contributed by atoms with Gasteiger partial charge in [0.2, 0.25) is 5.91 Å². The van der Waals surface area contributed by atoms with Gasteiger partial charge >= 0.3 is 5.88 Å². The summed E-state index contributed by atoms with van der Waals surface area (Å²) in [6.45, 7) is 1.89. The zero-order valence-electron chi connectivity index (χ0n) is 14.1. The SMILES string of the molecule is Cc1sc(NC(=O)/C=C/c2ccc([N+](=O)[O-])o2)c(C#N)c1-c1ccccc1. The summed E-state index contributed by atoms with van der Waals surface area (Å²) in [7, 11) is 0. The Morgan fingerprint density at radius 2 is 2.04 bits per heavy atom. The van der Waals surface area contributed by atoms with Crippen molar-refractivity contribution < 1.29 is 14.1 Å². The number of hydrogen-bond donors (Lipinski definition) is 1. The van der Waals surface area contributed by atoms with Crippen LogP contribution in [-0.4, -0.2) is 10.8 Å². The fourth-order valence-electron chi connectivity index (χ4n) is 2.53. The predicted octanol–water partition coefficient (Wildman–Crippen LogP) is 4.75. The molecule has 0 aliphatic carbocycles. The molecule has 0 bridgehead atoms. The van der Waals surface area contributed by atoms with Crippen molar-refractivity contribution in [2.45, 2.75) is 6.92 Å². The number of carbonyl (C=O) groups is 1. The molecule has 0 aliphatic rings. The number of rotatable bonds is 5. The number of nitrogens with zero attached hydrogens (tertiary/aromatic N) is 2. The van der Waals surface area contributed by atoms with Crippen LogP contribution in [0, 0.1) is 28.4 Å². The standard InChI is InChI=1S/C19H13N3O4S/c1-12-18(13-5-3-2-4-6-13)15(11-20)19(27-12)21-16(23)9-7-14-8-10-17(26-14)22(24)25/h2-10H,1H3,(H,21,23)/b9-7+. The van der Waals surface area contributed by atoms with Gasteiger partial charge in [0.15, 0.2) is 0 Å². The molecule has 1 N–H and O–H groups in total. The third-order valence-corrected chi connectivity index (χ3v) is 4.71. The highest BCUT2D eigenvalue weighted by atomic mass is 32.1. The Morgan fingerprint density at radius 1 is 1.30 bits per heavy atom. The third kappa shape index (κ3) is 3.94. The second-order valence-electron chi connectivity index (χ2n) is 5.47. The number of amides is 1. The van der Waals surface area contributed by atoms with Crippen LogP contribution >= 0.6 is 11.3 Å². The molecule has 1 aromatic carbocycles. The minimum absolute atomic E-state index is 0.185. The normalized spacial score (nSPS) is 10.7. The quantitative estimate of drug-likeness (QED) is 0.391. The number of nitriles is 1. The maximum atomic E-state index is 12.2. The van der Waals surface area contributed by atoms with Gasteiger partial charge in [0.25, 0.3) is 0 Å². The Bertz CT molecular complexity index is 1070. The molecule has 27 heavy (non-hydrogen) atoms. The Balaban J connectivity index is 1.81. The van der Waals surface area contributed by atoms with Crippen molar-refractivity contribution in [3.63, 3.8) is 0 Å². The highest BCUT2D eigenvalue weighted by Crippen LogP contribution is 2.39. The first kappa shape index (κ1) is 18.1. The van der Waals surface area contributed by atoms with Crippen LogP contribution in [0.3, 0.4) is 0 Å². The molecule has 3 aromatic rings. The van der Waals surface area contributed by atoms with E-state index in [4.69, 9.17) is 4.42 Å². The van der Waals surface area contributed by atoms with E-state index >= 15 is 0 Å². The largest absolute Gasteiger partial charge is 0.433 e. The highest BCUT2D eigenvalue weighted by molar-refractivity contribution is 7.17. The lowest BCUT2D eigenvalue weighted by atomic mass is 10.0. The maximum absolute atomic E-state index is 12.2. The lowest BCUT2D eigenvalue weighted by molar-refractivity contribution is -0.402. The molecule has 0 saturated carbocycles. The molecular weight excluding hydrogens is 366 g/mol. The van der Waals surface area contributed by atoms with Gasteiger partial charge < -0.3 is 9.73 Å². The molecule has 7 nitrogen and oxygen atoms in total. The van der Waals surface area contributed by atoms with Crippen LogP contribution in [0.15, 0.2) is 53.0 Å². The molecule has 8 heteroatoms. The maximum Gasteiger partial charge on any atom is 0.433 e. The average Bonchev–Trinajstić information content (AvgIpc) is 3.25. The van der Waals surface area contributed by atoms with E-state index in [1.54, 1.807) is 0 Å². The van der Waals surface area contributed by atoms with Crippen molar-refractivity contribution in [3.8, 4) is 17.2 Å². The van der Waals surface area contributed by atoms with Crippen LogP contribution in [0.4, 0.5) is 10.9 Å². The first-order valence-corrected chi connectivity index (χ1v) is 8.63. The summed E-state index contributed by atoms with van der Waals surface area (Å²) < 4.78 is 4.96. The van der Waals surface area contributed by atoms with E-state index < -0.39 is 16.7 Å². The molecule has 1 amide bonds. The van der Waals surface area contributed by atoms with E-state index in [0.29, 0.717) is 10.6 Å². The lowest BCUT2D eigenvalue weighted by Gasteiger charge is -2.02. The van der Waals surface area contributed by atoms with Crippen LogP contribution in [0.1, 0.15) is 16.2 Å². The van der Waals surface area contributed by atoms with Crippen LogP contribution in [-0.2, 0) is 4.79 Å². The highest BCUT2D eigenvalue weighted by Gasteiger charge is 2.18. The third-order valence-electron chi connectivity index (χ3n) is 3.69. The summed E-state index contributed by atoms with van der Waals surface area (Å²) in [5.74, 6) is -0.681. The Labute approximate surface area is 158 Å². The van der Waals surface area contributed by atoms with Gasteiger partial charge in [0, 0.05) is 16.5 Å². The zero-order valence-corrected chi connectivity index (χ0v) is 14.9. The summed E-state index contributed by atoms with van der Waals surface area (Å²) in [4.78, 5) is 23.0. The molecule has 0 unspecified atom stereocenters. The molecular formula is C19H13N3O4S. The minimum atomic E-state index is -0.657. The molecule has 0 radical (unpaired) electrons. The molecule has 134 valence electrons. The van der Waals surface area contributed by atoms with Crippen molar-refractivity contribution in [2.75, 3.05) is 5.32 Å². The first-order valence-electron chi connectivity index (χ1n) is 7.82. The molecule has 0 fully saturated rings. The molecule has 2 heterocycles. The molecule has 3 rings (SSSR count). The number of thiophene rings is 1. The van der Waals surface area contributed by atoms with E-state index in [-0.39, 0.29) is 5.76 Å². The summed E-state index contributed by atoms with van der Waals surface area (Å²) in [6, 6.07) is 14.2. The monoisotopic (exact) mass is 379 g/mol. The second kappa shape index (κ2) is 7.68. The summed E-state index contributed by atoms with van der Waals surface area (Å²) in [5.41, 5.74) is 2.10. The average molecular weight is 379 g/mol. The summed E-state index contributed by atoms with van der Waals surface area (Å²) >= 11 is 1.32. The van der Waals surface area contributed by atoms with Gasteiger partial charge in [-0.25, -0.2) is 0 Å². The minimum Gasteiger partial charge on any atom is -0.401 e. The molecule has 0 saturated heterocycles. The number of anilines is 1. The number of furan rings is 1. The van der Waals surface area contributed by atoms with Crippen molar-refractivity contribution in [2.24, 2.45) is 0 Å². The van der Waals surface area contributed by atoms with Gasteiger partial charge in [-0.2, -0.15) is 5.26 Å². The van der Waals surface area contributed by atoms with Gasteiger partial charge in [-0.15, -0.1) is 11.3 Å². The van der Waals surface area contributed by atoms with E-state index in [2.05, 4.69) is 11.4 Å². The van der Waals surface area contributed by atoms with Crippen LogP contribution in [0.5, 0.6) is 0 Å². The van der Waals surface area contributed by atoms with Gasteiger partial charge in [-0.1, -0.05) is 30.3 Å². The fourth-order valence-corrected chi connectivity index (χ4v) is 3.56. The number of nitrogens with one attached hydrogen (secondary N) is 1. The van der Waals surface area contributed by atoms with E-state index in [1.165, 1.54) is 35.6 Å². The predicted molar refractivity (Wildman–Crippen MR) is 102 cm³/mol. The van der Waals surface area contributed by atoms with Crippen molar-refractivity contribution in [3.05, 3.63) is 74.9 Å². The Hall–Kier alpha value is -3.70. The van der Waals surface area contributed by atoms with Gasteiger partial charge in [0.05, 0.1) is 11.6 Å². The number of benzene rings is 1. The molecule has 2 aromatic heterocycles. The number of hydrogen-bond acceptors (Lipinski definition) is 6. The summed E-state index contributed by atoms with van der Waals surface area (Å²) in [5, 5.41) is 23.3. The lowest BCUT2D eigenvalue weighted by Crippen LogP contribution is -2.07. The van der Waals surface area contributed by atoms with Crippen molar-refractivity contribution >= 4 is 34.2 Å². The van der Waals surface area contributed by atoms with E-state index in [9.17, 15) is 20.2 Å². The van der Waals surface area contributed by atoms with E-state index in [0.717, 1.165) is 16.0 Å². The zero-order chi connectivity index (χ0) is 19.4. The van der Waals surface area contributed by atoms with Crippen LogP contribution < -0.4 is 5.32 Å². The summed E-state index contributed by atoms with van der Waals surface area (Å²) in [6.07, 6.45) is 2.52. The smallest absolute Gasteiger partial charge is 0.401 e. The first-order chi connectivity index (χ1) is 13.0. The molecule has 0 spiro atoms. The Kier molecular flexibility index (Phi) is 5.15. The van der Waals surface area contributed by atoms with Gasteiger partial charge in [0.1, 0.15) is 21.8 Å². The van der Waals surface area contributed by atoms with E-state index in [1.807, 2.05) is 37.3 Å². The van der Waals surface area contributed by atoms with Crippen molar-refractivity contribution in [1.29, 1.82) is 5.26 Å². The molecule has 0 atom stereocenters. The van der Waals surface area contributed by atoms with Crippen LogP contribution in [0.2, 0.25) is 0 Å². The number of carbonyl (C=O) groups excluding carboxylic acids is 1. The Morgan fingerprint density at radius 3 is 2.67 bits per heavy atom. The van der Waals surface area contributed by atoms with Gasteiger partial charge in [-0.05, 0) is 24.6 Å². The molecule has 0 aliphatic heterocycles.